The summed E-state index contributed by atoms with van der Waals surface area (Å²) in [5.41, 5.74) is 0. The summed E-state index contributed by atoms with van der Waals surface area (Å²) in [6.07, 6.45) is 0. The van der Waals surface area contributed by atoms with Crippen LogP contribution in [-0.4, -0.2) is 7.11 Å². The van der Waals surface area contributed by atoms with E-state index in [1.165, 1.54) is 13.2 Å². The molecular formula is C7H6BrFOS. The number of hydrogen-bond acceptors (Lipinski definition) is 2. The third kappa shape index (κ3) is 1.68. The maximum Gasteiger partial charge on any atom is 0.180 e. The lowest BCUT2D eigenvalue weighted by atomic mass is 10.3. The van der Waals surface area contributed by atoms with E-state index in [0.717, 1.165) is 0 Å². The van der Waals surface area contributed by atoms with Gasteiger partial charge in [-0.25, -0.2) is 4.39 Å². The molecule has 11 heavy (non-hydrogen) atoms. The van der Waals surface area contributed by atoms with Crippen molar-refractivity contribution in [3.8, 4) is 5.75 Å². The van der Waals surface area contributed by atoms with E-state index in [9.17, 15) is 4.39 Å². The van der Waals surface area contributed by atoms with Gasteiger partial charge in [-0.3, -0.25) is 0 Å². The van der Waals surface area contributed by atoms with Crippen molar-refractivity contribution in [1.29, 1.82) is 0 Å². The molecule has 0 aliphatic heterocycles. The minimum atomic E-state index is -0.417. The lowest BCUT2D eigenvalue weighted by Crippen LogP contribution is -1.88. The van der Waals surface area contributed by atoms with Crippen LogP contribution in [0.15, 0.2) is 21.5 Å². The molecule has 0 N–H and O–H groups in total. The average Bonchev–Trinajstić information content (AvgIpc) is 2.01. The largest absolute Gasteiger partial charge is 0.494 e. The molecule has 0 saturated carbocycles. The van der Waals surface area contributed by atoms with Crippen LogP contribution < -0.4 is 4.74 Å². The molecule has 0 unspecified atom stereocenters. The topological polar surface area (TPSA) is 9.23 Å². The lowest BCUT2D eigenvalue weighted by molar-refractivity contribution is 0.384. The maximum atomic E-state index is 13.0. The molecule has 0 heterocycles. The normalized spacial score (nSPS) is 9.82. The number of ether oxygens (including phenoxy) is 1. The van der Waals surface area contributed by atoms with Crippen molar-refractivity contribution >= 4 is 28.6 Å². The van der Waals surface area contributed by atoms with Crippen LogP contribution in [0.5, 0.6) is 5.75 Å². The van der Waals surface area contributed by atoms with Crippen molar-refractivity contribution < 1.29 is 9.13 Å². The summed E-state index contributed by atoms with van der Waals surface area (Å²) < 4.78 is 18.1. The molecule has 0 saturated heterocycles. The standard InChI is InChI=1S/C7H6BrFOS/c1-10-4-2-3-5(11)6(8)7(4)9/h2-3,11H,1H3. The molecule has 0 atom stereocenters. The van der Waals surface area contributed by atoms with Gasteiger partial charge in [-0.15, -0.1) is 12.6 Å². The van der Waals surface area contributed by atoms with Gasteiger partial charge in [0.15, 0.2) is 11.6 Å². The van der Waals surface area contributed by atoms with E-state index in [1.807, 2.05) is 0 Å². The Morgan fingerprint density at radius 1 is 1.55 bits per heavy atom. The minimum absolute atomic E-state index is 0.217. The predicted molar refractivity (Wildman–Crippen MR) is 47.9 cm³/mol. The van der Waals surface area contributed by atoms with E-state index in [-0.39, 0.29) is 5.75 Å². The van der Waals surface area contributed by atoms with Crippen LogP contribution in [0.3, 0.4) is 0 Å². The summed E-state index contributed by atoms with van der Waals surface area (Å²) in [4.78, 5) is 0.559. The lowest BCUT2D eigenvalue weighted by Gasteiger charge is -2.03. The van der Waals surface area contributed by atoms with Crippen LogP contribution in [0, 0.1) is 5.82 Å². The number of thiol groups is 1. The number of benzene rings is 1. The molecule has 1 aromatic rings. The smallest absolute Gasteiger partial charge is 0.180 e. The fraction of sp³-hybridized carbons (Fsp3) is 0.143. The Morgan fingerprint density at radius 2 is 2.18 bits per heavy atom. The Kier molecular flexibility index (Phi) is 2.78. The van der Waals surface area contributed by atoms with Crippen molar-refractivity contribution in [2.75, 3.05) is 7.11 Å². The number of rotatable bonds is 1. The number of halogens is 2. The van der Waals surface area contributed by atoms with Gasteiger partial charge >= 0.3 is 0 Å². The summed E-state index contributed by atoms with van der Waals surface area (Å²) in [5, 5.41) is 0. The molecule has 0 aromatic heterocycles. The van der Waals surface area contributed by atoms with Gasteiger partial charge in [-0.05, 0) is 28.1 Å². The molecule has 60 valence electrons. The highest BCUT2D eigenvalue weighted by atomic mass is 79.9. The minimum Gasteiger partial charge on any atom is -0.494 e. The van der Waals surface area contributed by atoms with Gasteiger partial charge in [0.25, 0.3) is 0 Å². The van der Waals surface area contributed by atoms with E-state index < -0.39 is 5.82 Å². The van der Waals surface area contributed by atoms with Crippen molar-refractivity contribution in [2.24, 2.45) is 0 Å². The van der Waals surface area contributed by atoms with Gasteiger partial charge in [0.1, 0.15) is 0 Å². The molecule has 0 spiro atoms. The van der Waals surface area contributed by atoms with Gasteiger partial charge in [-0.2, -0.15) is 0 Å². The fourth-order valence-electron chi connectivity index (χ4n) is 0.679. The van der Waals surface area contributed by atoms with Crippen LogP contribution in [0.2, 0.25) is 0 Å². The first kappa shape index (κ1) is 8.87. The number of hydrogen-bond donors (Lipinski definition) is 1. The van der Waals surface area contributed by atoms with E-state index >= 15 is 0 Å². The van der Waals surface area contributed by atoms with E-state index in [0.29, 0.717) is 9.37 Å². The molecule has 0 radical (unpaired) electrons. The van der Waals surface area contributed by atoms with Crippen LogP contribution in [0.4, 0.5) is 4.39 Å². The predicted octanol–water partition coefficient (Wildman–Crippen LogP) is 2.89. The third-order valence-electron chi connectivity index (χ3n) is 1.25. The second-order valence-electron chi connectivity index (χ2n) is 1.91. The fourth-order valence-corrected chi connectivity index (χ4v) is 1.18. The van der Waals surface area contributed by atoms with Gasteiger partial charge in [-0.1, -0.05) is 0 Å². The molecule has 1 aromatic carbocycles. The van der Waals surface area contributed by atoms with Crippen LogP contribution >= 0.6 is 28.6 Å². The van der Waals surface area contributed by atoms with Crippen LogP contribution in [-0.2, 0) is 0 Å². The van der Waals surface area contributed by atoms with Gasteiger partial charge in [0.05, 0.1) is 11.6 Å². The molecule has 0 fully saturated rings. The molecule has 4 heteroatoms. The highest BCUT2D eigenvalue weighted by Crippen LogP contribution is 2.30. The first-order valence-electron chi connectivity index (χ1n) is 2.87. The Labute approximate surface area is 78.1 Å². The first-order chi connectivity index (χ1) is 5.16. The van der Waals surface area contributed by atoms with Crippen molar-refractivity contribution in [2.45, 2.75) is 4.90 Å². The van der Waals surface area contributed by atoms with Crippen molar-refractivity contribution in [3.05, 3.63) is 22.4 Å². The second kappa shape index (κ2) is 3.45. The zero-order valence-electron chi connectivity index (χ0n) is 5.77. The van der Waals surface area contributed by atoms with E-state index in [2.05, 4.69) is 28.6 Å². The molecule has 1 rings (SSSR count). The van der Waals surface area contributed by atoms with Crippen LogP contribution in [0.1, 0.15) is 0 Å². The first-order valence-corrected chi connectivity index (χ1v) is 4.11. The molecular weight excluding hydrogens is 231 g/mol. The summed E-state index contributed by atoms with van der Waals surface area (Å²) in [6, 6.07) is 3.19. The molecule has 0 bridgehead atoms. The molecule has 0 aliphatic carbocycles. The second-order valence-corrected chi connectivity index (χ2v) is 3.19. The molecule has 0 amide bonds. The molecule has 1 nitrogen and oxygen atoms in total. The van der Waals surface area contributed by atoms with Crippen molar-refractivity contribution in [1.82, 2.24) is 0 Å². The summed E-state index contributed by atoms with van der Waals surface area (Å²) in [5.74, 6) is -0.199. The van der Waals surface area contributed by atoms with Crippen LogP contribution in [0.25, 0.3) is 0 Å². The average molecular weight is 237 g/mol. The SMILES string of the molecule is COc1ccc(S)c(Br)c1F. The zero-order chi connectivity index (χ0) is 8.43. The van der Waals surface area contributed by atoms with E-state index in [1.54, 1.807) is 6.07 Å². The van der Waals surface area contributed by atoms with E-state index in [4.69, 9.17) is 4.74 Å². The highest BCUT2D eigenvalue weighted by molar-refractivity contribution is 9.10. The Bertz CT molecular complexity index is 277. The third-order valence-corrected chi connectivity index (χ3v) is 2.70. The van der Waals surface area contributed by atoms with Gasteiger partial charge < -0.3 is 4.74 Å². The quantitative estimate of drug-likeness (QED) is 0.739. The number of methoxy groups -OCH3 is 1. The van der Waals surface area contributed by atoms with Crippen molar-refractivity contribution in [3.63, 3.8) is 0 Å². The highest BCUT2D eigenvalue weighted by Gasteiger charge is 2.08. The Balaban J connectivity index is 3.25. The Hall–Kier alpha value is -0.220. The maximum absolute atomic E-state index is 13.0. The summed E-state index contributed by atoms with van der Waals surface area (Å²) in [7, 11) is 1.42. The van der Waals surface area contributed by atoms with Gasteiger partial charge in [0, 0.05) is 4.90 Å². The Morgan fingerprint density at radius 3 is 2.73 bits per heavy atom. The monoisotopic (exact) mass is 236 g/mol. The summed E-state index contributed by atoms with van der Waals surface area (Å²) in [6.45, 7) is 0. The zero-order valence-corrected chi connectivity index (χ0v) is 8.25. The van der Waals surface area contributed by atoms with Gasteiger partial charge in [0.2, 0.25) is 0 Å². The summed E-state index contributed by atoms with van der Waals surface area (Å²) >= 11 is 7.05. The molecule has 0 aliphatic rings.